The molecule has 1 N–H and O–H groups in total. The molecule has 38 heavy (non-hydrogen) atoms. The first kappa shape index (κ1) is 25.9. The fraction of sp³-hybridized carbons (Fsp3) is 0.419. The van der Waals surface area contributed by atoms with Crippen LogP contribution in [0.1, 0.15) is 68.4 Å². The SMILES string of the molecule is COc1ccc(C2CC(=O)C3=C(C2)NC(C)=C(C(=O)OC2CCCC2)C3c2ccccc2OC)cc1OC. The van der Waals surface area contributed by atoms with Gasteiger partial charge < -0.3 is 24.3 Å². The van der Waals surface area contributed by atoms with Crippen molar-refractivity contribution in [1.82, 2.24) is 5.32 Å². The quantitative estimate of drug-likeness (QED) is 0.482. The molecule has 3 aliphatic rings. The highest BCUT2D eigenvalue weighted by Crippen LogP contribution is 2.48. The van der Waals surface area contributed by atoms with Crippen molar-refractivity contribution in [3.05, 3.63) is 76.1 Å². The second kappa shape index (κ2) is 10.9. The number of dihydropyridines is 1. The number of allylic oxidation sites excluding steroid dienone is 3. The summed E-state index contributed by atoms with van der Waals surface area (Å²) in [5.41, 5.74) is 4.45. The van der Waals surface area contributed by atoms with Gasteiger partial charge in [0, 0.05) is 29.0 Å². The molecule has 1 heterocycles. The number of para-hydroxylation sites is 1. The number of nitrogens with one attached hydrogen (secondary N) is 1. The van der Waals surface area contributed by atoms with Crippen LogP contribution in [0.4, 0.5) is 0 Å². The van der Waals surface area contributed by atoms with Crippen LogP contribution in [0.25, 0.3) is 0 Å². The number of methoxy groups -OCH3 is 3. The fourth-order valence-electron chi connectivity index (χ4n) is 6.09. The molecule has 2 atom stereocenters. The molecule has 0 radical (unpaired) electrons. The molecule has 0 aromatic heterocycles. The van der Waals surface area contributed by atoms with Gasteiger partial charge in [0.1, 0.15) is 11.9 Å². The third kappa shape index (κ3) is 4.77. The van der Waals surface area contributed by atoms with Gasteiger partial charge in [0.05, 0.1) is 32.8 Å². The van der Waals surface area contributed by atoms with Gasteiger partial charge in [-0.05, 0) is 68.7 Å². The highest BCUT2D eigenvalue weighted by molar-refractivity contribution is 6.04. The van der Waals surface area contributed by atoms with Crippen LogP contribution < -0.4 is 19.5 Å². The highest BCUT2D eigenvalue weighted by Gasteiger charge is 2.43. The Balaban J connectivity index is 1.55. The first-order chi connectivity index (χ1) is 18.4. The van der Waals surface area contributed by atoms with Gasteiger partial charge in [-0.1, -0.05) is 24.3 Å². The minimum absolute atomic E-state index is 0.00751. The van der Waals surface area contributed by atoms with Gasteiger partial charge >= 0.3 is 5.97 Å². The first-order valence-corrected chi connectivity index (χ1v) is 13.2. The Morgan fingerprint density at radius 3 is 2.32 bits per heavy atom. The van der Waals surface area contributed by atoms with Gasteiger partial charge in [-0.3, -0.25) is 4.79 Å². The van der Waals surface area contributed by atoms with Gasteiger partial charge in [-0.15, -0.1) is 0 Å². The first-order valence-electron chi connectivity index (χ1n) is 13.2. The zero-order chi connectivity index (χ0) is 26.8. The van der Waals surface area contributed by atoms with Crippen molar-refractivity contribution in [2.24, 2.45) is 0 Å². The van der Waals surface area contributed by atoms with E-state index in [0.717, 1.165) is 42.5 Å². The number of ether oxygens (including phenoxy) is 4. The normalized spacial score (nSPS) is 21.6. The zero-order valence-corrected chi connectivity index (χ0v) is 22.5. The number of carbonyl (C=O) groups is 2. The topological polar surface area (TPSA) is 83.1 Å². The van der Waals surface area contributed by atoms with Crippen LogP contribution in [0.2, 0.25) is 0 Å². The van der Waals surface area contributed by atoms with E-state index >= 15 is 0 Å². The average molecular weight is 518 g/mol. The molecule has 2 aliphatic carbocycles. The number of hydrogen-bond acceptors (Lipinski definition) is 7. The molecule has 5 rings (SSSR count). The van der Waals surface area contributed by atoms with Gasteiger partial charge in [-0.2, -0.15) is 0 Å². The van der Waals surface area contributed by atoms with Gasteiger partial charge in [0.25, 0.3) is 0 Å². The lowest BCUT2D eigenvalue weighted by molar-refractivity contribution is -0.144. The van der Waals surface area contributed by atoms with Crippen LogP contribution in [-0.2, 0) is 14.3 Å². The van der Waals surface area contributed by atoms with Gasteiger partial charge in [-0.25, -0.2) is 4.79 Å². The number of hydrogen-bond donors (Lipinski definition) is 1. The lowest BCUT2D eigenvalue weighted by Gasteiger charge is -2.37. The van der Waals surface area contributed by atoms with Gasteiger partial charge in [0.15, 0.2) is 17.3 Å². The Labute approximate surface area is 223 Å². The maximum absolute atomic E-state index is 13.9. The number of rotatable bonds is 7. The van der Waals surface area contributed by atoms with Crippen molar-refractivity contribution in [3.8, 4) is 17.2 Å². The summed E-state index contributed by atoms with van der Waals surface area (Å²) in [6, 6.07) is 13.4. The standard InChI is InChI=1S/C31H35NO6/c1-18-28(31(34)38-21-9-5-6-10-21)29(22-11-7-8-12-25(22)35-2)30-23(32-18)15-20(16-24(30)33)19-13-14-26(36-3)27(17-19)37-4/h7-8,11-14,17,20-21,29,32H,5-6,9-10,15-16H2,1-4H3. The molecule has 2 aromatic rings. The molecule has 200 valence electrons. The third-order valence-corrected chi connectivity index (χ3v) is 7.95. The number of ketones is 1. The van der Waals surface area contributed by atoms with Gasteiger partial charge in [0.2, 0.25) is 0 Å². The Kier molecular flexibility index (Phi) is 7.45. The summed E-state index contributed by atoms with van der Waals surface area (Å²) >= 11 is 0. The lowest BCUT2D eigenvalue weighted by Crippen LogP contribution is -2.36. The van der Waals surface area contributed by atoms with Crippen LogP contribution >= 0.6 is 0 Å². The second-order valence-electron chi connectivity index (χ2n) is 10.2. The van der Waals surface area contributed by atoms with Crippen molar-refractivity contribution < 1.29 is 28.5 Å². The lowest BCUT2D eigenvalue weighted by atomic mass is 9.71. The smallest absolute Gasteiger partial charge is 0.337 e. The van der Waals surface area contributed by atoms with E-state index in [-0.39, 0.29) is 23.8 Å². The third-order valence-electron chi connectivity index (χ3n) is 7.95. The molecule has 0 spiro atoms. The number of benzene rings is 2. The van der Waals surface area contributed by atoms with E-state index in [1.54, 1.807) is 21.3 Å². The predicted molar refractivity (Wildman–Crippen MR) is 143 cm³/mol. The van der Waals surface area contributed by atoms with Crippen molar-refractivity contribution in [2.75, 3.05) is 21.3 Å². The Morgan fingerprint density at radius 2 is 1.61 bits per heavy atom. The Bertz CT molecular complexity index is 1300. The average Bonchev–Trinajstić information content (AvgIpc) is 3.44. The summed E-state index contributed by atoms with van der Waals surface area (Å²) < 4.78 is 22.5. The van der Waals surface area contributed by atoms with Crippen LogP contribution in [0, 0.1) is 0 Å². The fourth-order valence-corrected chi connectivity index (χ4v) is 6.09. The van der Waals surface area contributed by atoms with Crippen molar-refractivity contribution in [3.63, 3.8) is 0 Å². The molecule has 1 saturated carbocycles. The summed E-state index contributed by atoms with van der Waals surface area (Å²) in [5, 5.41) is 3.43. The van der Waals surface area contributed by atoms with Crippen LogP contribution in [0.3, 0.4) is 0 Å². The molecule has 0 bridgehead atoms. The van der Waals surface area contributed by atoms with Crippen LogP contribution in [0.15, 0.2) is 65.0 Å². The van der Waals surface area contributed by atoms with Crippen molar-refractivity contribution in [1.29, 1.82) is 0 Å². The van der Waals surface area contributed by atoms with E-state index in [2.05, 4.69) is 5.32 Å². The molecule has 1 fully saturated rings. The summed E-state index contributed by atoms with van der Waals surface area (Å²) in [7, 11) is 4.82. The molecular formula is C31H35NO6. The molecule has 7 nitrogen and oxygen atoms in total. The summed E-state index contributed by atoms with van der Waals surface area (Å²) in [6.45, 7) is 1.89. The maximum Gasteiger partial charge on any atom is 0.337 e. The monoisotopic (exact) mass is 517 g/mol. The van der Waals surface area contributed by atoms with E-state index in [4.69, 9.17) is 18.9 Å². The number of carbonyl (C=O) groups excluding carboxylic acids is 2. The minimum Gasteiger partial charge on any atom is -0.496 e. The molecule has 2 aromatic carbocycles. The summed E-state index contributed by atoms with van der Waals surface area (Å²) in [6.07, 6.45) is 4.77. The molecule has 2 unspecified atom stereocenters. The number of Topliss-reactive ketones (excluding diaryl/α,β-unsaturated/α-hetero) is 1. The van der Waals surface area contributed by atoms with Crippen molar-refractivity contribution in [2.45, 2.75) is 63.4 Å². The second-order valence-corrected chi connectivity index (χ2v) is 10.2. The molecular weight excluding hydrogens is 482 g/mol. The van der Waals surface area contributed by atoms with E-state index in [1.807, 2.05) is 49.4 Å². The van der Waals surface area contributed by atoms with Crippen LogP contribution in [-0.4, -0.2) is 39.2 Å². The molecule has 0 saturated heterocycles. The van der Waals surface area contributed by atoms with E-state index in [9.17, 15) is 9.59 Å². The van der Waals surface area contributed by atoms with E-state index in [0.29, 0.717) is 46.9 Å². The maximum atomic E-state index is 13.9. The number of esters is 1. The predicted octanol–water partition coefficient (Wildman–Crippen LogP) is 5.56. The Morgan fingerprint density at radius 1 is 0.895 bits per heavy atom. The zero-order valence-electron chi connectivity index (χ0n) is 22.5. The van der Waals surface area contributed by atoms with Crippen molar-refractivity contribution >= 4 is 11.8 Å². The molecule has 7 heteroatoms. The van der Waals surface area contributed by atoms with E-state index in [1.165, 1.54) is 0 Å². The van der Waals surface area contributed by atoms with E-state index < -0.39 is 5.92 Å². The highest BCUT2D eigenvalue weighted by atomic mass is 16.5. The molecule has 0 amide bonds. The van der Waals surface area contributed by atoms with Crippen LogP contribution in [0.5, 0.6) is 17.2 Å². The summed E-state index contributed by atoms with van der Waals surface area (Å²) in [5.74, 6) is 0.970. The Hall–Kier alpha value is -3.74. The summed E-state index contributed by atoms with van der Waals surface area (Å²) in [4.78, 5) is 27.5. The molecule has 1 aliphatic heterocycles. The largest absolute Gasteiger partial charge is 0.496 e. The minimum atomic E-state index is -0.560.